The number of rotatable bonds is 7. The van der Waals surface area contributed by atoms with Crippen LogP contribution in [-0.4, -0.2) is 62.1 Å². The molecule has 0 aliphatic rings. The Morgan fingerprint density at radius 2 is 1.39 bits per heavy atom. The van der Waals surface area contributed by atoms with Gasteiger partial charge in [0.15, 0.2) is 5.41 Å². The molecule has 0 saturated carbocycles. The van der Waals surface area contributed by atoms with Crippen molar-refractivity contribution in [1.29, 1.82) is 0 Å². The number of aliphatic carboxylic acids is 1. The molecule has 2 heterocycles. The molecule has 0 aliphatic heterocycles. The normalized spacial score (nSPS) is 11.1. The Kier molecular flexibility index (Phi) is 13.9. The third-order valence-corrected chi connectivity index (χ3v) is 5.72. The number of aromatic amines is 2. The summed E-state index contributed by atoms with van der Waals surface area (Å²) in [7, 11) is 0. The topological polar surface area (TPSA) is 177 Å². The van der Waals surface area contributed by atoms with Crippen LogP contribution in [0, 0.1) is 0 Å². The van der Waals surface area contributed by atoms with Crippen LogP contribution in [0.1, 0.15) is 52.2 Å². The van der Waals surface area contributed by atoms with Crippen LogP contribution >= 0.6 is 0 Å². The second-order valence-electron chi connectivity index (χ2n) is 8.01. The Morgan fingerprint density at radius 3 is 1.87 bits per heavy atom. The van der Waals surface area contributed by atoms with Gasteiger partial charge >= 0.3 is 47.5 Å². The maximum absolute atomic E-state index is 12.3. The van der Waals surface area contributed by atoms with Crippen molar-refractivity contribution < 1.29 is 64.0 Å². The first-order valence-electron chi connectivity index (χ1n) is 11.2. The molecule has 1 unspecified atom stereocenters. The zero-order chi connectivity index (χ0) is 25.6. The number of hydrogen-bond donors (Lipinski definition) is 3. The number of nitrogens with one attached hydrogen (secondary N) is 2. The van der Waals surface area contributed by atoms with Gasteiger partial charge in [-0.05, 0) is 63.1 Å². The van der Waals surface area contributed by atoms with E-state index in [1.807, 2.05) is 12.1 Å². The van der Waals surface area contributed by atoms with Crippen molar-refractivity contribution >= 4 is 39.7 Å². The predicted octanol–water partition coefficient (Wildman–Crippen LogP) is 1.16. The van der Waals surface area contributed by atoms with Crippen molar-refractivity contribution in [3.05, 3.63) is 59.9 Å². The molecule has 0 fully saturated rings. The molecule has 0 aliphatic carbocycles. The van der Waals surface area contributed by atoms with Gasteiger partial charge in [-0.3, -0.25) is 24.6 Å². The number of carbonyl (C=O) groups excluding carboxylic acids is 2. The number of nitrogens with zero attached hydrogens (tertiary/aromatic N) is 2. The Balaban J connectivity index is 0.000000710. The first kappa shape index (κ1) is 34.8. The first-order valence-corrected chi connectivity index (χ1v) is 11.2. The van der Waals surface area contributed by atoms with Crippen molar-refractivity contribution in [2.45, 2.75) is 46.5 Å². The Morgan fingerprint density at radius 1 is 0.921 bits per heavy atom. The molecule has 0 spiro atoms. The number of hydrogen-bond acceptors (Lipinski definition) is 8. The van der Waals surface area contributed by atoms with E-state index in [0.29, 0.717) is 5.56 Å². The summed E-state index contributed by atoms with van der Waals surface area (Å²) in [6.45, 7) is 6.98. The van der Waals surface area contributed by atoms with Gasteiger partial charge in [-0.25, -0.2) is 0 Å². The minimum atomic E-state index is -1.49. The molecule has 1 atom stereocenters. The van der Waals surface area contributed by atoms with Crippen LogP contribution in [0.2, 0.25) is 0 Å². The molecule has 2 aromatic carbocycles. The van der Waals surface area contributed by atoms with Crippen LogP contribution in [0.4, 0.5) is 0 Å². The van der Waals surface area contributed by atoms with Crippen molar-refractivity contribution in [1.82, 2.24) is 20.4 Å². The fraction of sp³-hybridized carbons (Fsp3) is 0.346. The van der Waals surface area contributed by atoms with E-state index < -0.39 is 29.2 Å². The van der Waals surface area contributed by atoms with Crippen LogP contribution < -0.4 is 29.6 Å². The monoisotopic (exact) mass is 536 g/mol. The van der Waals surface area contributed by atoms with Crippen LogP contribution in [0.5, 0.6) is 0 Å². The molecule has 0 amide bonds. The van der Waals surface area contributed by atoms with Gasteiger partial charge < -0.3 is 20.1 Å². The first-order chi connectivity index (χ1) is 16.7. The standard InChI is InChI=1S/C15H18N2O4.C10H10N2O2.CH4.Na.H2O/c1-4-20-13(18)15(3,14(19)21-5-2)11-6-7-12-10(8-11)9-16-17-12;1-6(10(13)14)7-2-3-9-8(4-7)5-11-12-9;;;/h6-9H,4-5H2,1-3H3,(H,16,17);2-6H,1H3,(H,11,12)(H,13,14);1H4;;1H2/q;;;+1;/p-1. The minimum Gasteiger partial charge on any atom is -0.870 e. The molecule has 38 heavy (non-hydrogen) atoms. The SMILES string of the molecule is C.CC(C(=O)O)c1ccc2[nH]ncc2c1.CCOC(=O)C(C)(C(=O)OCC)c1ccc2[nH]ncc2c1.[Na+].[OH-]. The third-order valence-electron chi connectivity index (χ3n) is 5.72. The van der Waals surface area contributed by atoms with E-state index in [0.717, 1.165) is 27.4 Å². The van der Waals surface area contributed by atoms with Crippen molar-refractivity contribution in [2.24, 2.45) is 0 Å². The second kappa shape index (κ2) is 15.2. The summed E-state index contributed by atoms with van der Waals surface area (Å²) in [6, 6.07) is 10.7. The van der Waals surface area contributed by atoms with Gasteiger partial charge in [0.25, 0.3) is 0 Å². The molecule has 11 nitrogen and oxygen atoms in total. The number of benzene rings is 2. The fourth-order valence-corrected chi connectivity index (χ4v) is 3.50. The van der Waals surface area contributed by atoms with Gasteiger partial charge in [0.05, 0.1) is 42.6 Å². The molecule has 4 aromatic rings. The van der Waals surface area contributed by atoms with Crippen molar-refractivity contribution in [3.63, 3.8) is 0 Å². The van der Waals surface area contributed by atoms with Gasteiger partial charge in [-0.15, -0.1) is 0 Å². The zero-order valence-corrected chi connectivity index (χ0v) is 23.4. The van der Waals surface area contributed by atoms with E-state index in [-0.39, 0.29) is 55.7 Å². The summed E-state index contributed by atoms with van der Waals surface area (Å²) in [5.74, 6) is -2.53. The van der Waals surface area contributed by atoms with E-state index in [9.17, 15) is 14.4 Å². The van der Waals surface area contributed by atoms with Gasteiger partial charge in [0, 0.05) is 10.8 Å². The molecule has 4 N–H and O–H groups in total. The van der Waals surface area contributed by atoms with Crippen LogP contribution in [0.15, 0.2) is 48.8 Å². The summed E-state index contributed by atoms with van der Waals surface area (Å²) >= 11 is 0. The molecule has 12 heteroatoms. The average molecular weight is 537 g/mol. The van der Waals surface area contributed by atoms with Gasteiger partial charge in [-0.2, -0.15) is 10.2 Å². The maximum atomic E-state index is 12.3. The summed E-state index contributed by atoms with van der Waals surface area (Å²) in [5, 5.41) is 24.0. The number of ether oxygens (including phenoxy) is 2. The maximum Gasteiger partial charge on any atom is 1.00 e. The van der Waals surface area contributed by atoms with E-state index in [4.69, 9.17) is 14.6 Å². The number of esters is 2. The van der Waals surface area contributed by atoms with E-state index in [1.54, 1.807) is 57.4 Å². The second-order valence-corrected chi connectivity index (χ2v) is 8.01. The van der Waals surface area contributed by atoms with Gasteiger partial charge in [0.2, 0.25) is 0 Å². The van der Waals surface area contributed by atoms with Crippen LogP contribution in [-0.2, 0) is 29.3 Å². The molecule has 4 rings (SSSR count). The summed E-state index contributed by atoms with van der Waals surface area (Å²) < 4.78 is 10.1. The summed E-state index contributed by atoms with van der Waals surface area (Å²) in [6.07, 6.45) is 3.32. The predicted molar refractivity (Wildman–Crippen MR) is 138 cm³/mol. The Bertz CT molecular complexity index is 1330. The van der Waals surface area contributed by atoms with E-state index in [1.165, 1.54) is 6.92 Å². The largest absolute Gasteiger partial charge is 1.00 e. The molecule has 0 bridgehead atoms. The number of carboxylic acids is 1. The number of H-pyrrole nitrogens is 2. The molecule has 200 valence electrons. The molecule has 0 radical (unpaired) electrons. The third kappa shape index (κ3) is 7.41. The molecular weight excluding hydrogens is 503 g/mol. The van der Waals surface area contributed by atoms with E-state index >= 15 is 0 Å². The van der Waals surface area contributed by atoms with Gasteiger partial charge in [0.1, 0.15) is 0 Å². The quantitative estimate of drug-likeness (QED) is 0.178. The number of carboxylic acid groups (broad SMARTS) is 1. The van der Waals surface area contributed by atoms with E-state index in [2.05, 4.69) is 20.4 Å². The Hall–Kier alpha value is -3.25. The van der Waals surface area contributed by atoms with Crippen molar-refractivity contribution in [3.8, 4) is 0 Å². The average Bonchev–Trinajstić information content (AvgIpc) is 3.51. The zero-order valence-electron chi connectivity index (χ0n) is 21.4. The molecule has 2 aromatic heterocycles. The Labute approximate surface area is 242 Å². The van der Waals surface area contributed by atoms with Crippen molar-refractivity contribution in [2.75, 3.05) is 13.2 Å². The van der Waals surface area contributed by atoms with Crippen LogP contribution in [0.25, 0.3) is 21.8 Å². The van der Waals surface area contributed by atoms with Crippen LogP contribution in [0.3, 0.4) is 0 Å². The van der Waals surface area contributed by atoms with Gasteiger partial charge in [-0.1, -0.05) is 19.6 Å². The summed E-state index contributed by atoms with van der Waals surface area (Å²) in [5.41, 5.74) is 1.58. The minimum absolute atomic E-state index is 0. The summed E-state index contributed by atoms with van der Waals surface area (Å²) in [4.78, 5) is 35.4. The number of fused-ring (bicyclic) bond motifs is 2. The number of aromatic nitrogens is 4. The number of carbonyl (C=O) groups is 3. The smallest absolute Gasteiger partial charge is 0.870 e. The molecular formula is C26H33N4NaO7. The molecule has 0 saturated heterocycles. The fourth-order valence-electron chi connectivity index (χ4n) is 3.50.